The van der Waals surface area contributed by atoms with E-state index in [2.05, 4.69) is 15.9 Å². The molecule has 1 fully saturated rings. The van der Waals surface area contributed by atoms with Crippen LogP contribution in [0, 0.1) is 0 Å². The second-order valence-electron chi connectivity index (χ2n) is 4.69. The predicted octanol–water partition coefficient (Wildman–Crippen LogP) is 4.16. The van der Waals surface area contributed by atoms with Gasteiger partial charge in [-0.05, 0) is 33.6 Å². The van der Waals surface area contributed by atoms with Crippen LogP contribution in [0.2, 0.25) is 0 Å². The highest BCUT2D eigenvalue weighted by atomic mass is 79.9. The van der Waals surface area contributed by atoms with Crippen LogP contribution in [-0.2, 0) is 4.74 Å². The Balaban J connectivity index is 2.00. The van der Waals surface area contributed by atoms with E-state index in [0.29, 0.717) is 12.4 Å². The minimum atomic E-state index is -0.340. The van der Waals surface area contributed by atoms with Crippen molar-refractivity contribution in [1.29, 1.82) is 0 Å². The summed E-state index contributed by atoms with van der Waals surface area (Å²) < 4.78 is 11.4. The van der Waals surface area contributed by atoms with Crippen LogP contribution in [-0.4, -0.2) is 19.8 Å². The lowest BCUT2D eigenvalue weighted by molar-refractivity contribution is 0.179. The molecule has 0 bridgehead atoms. The summed E-state index contributed by atoms with van der Waals surface area (Å²) in [6.45, 7) is 0.348. The number of cyclic esters (lactones) is 1. The molecule has 0 saturated carbocycles. The molecule has 0 unspecified atom stereocenters. The number of carbonyl (C=O) groups is 1. The van der Waals surface area contributed by atoms with E-state index in [1.807, 2.05) is 48.5 Å². The van der Waals surface area contributed by atoms with Gasteiger partial charge in [0, 0.05) is 6.07 Å². The molecule has 0 radical (unpaired) electrons. The highest BCUT2D eigenvalue weighted by Crippen LogP contribution is 2.36. The van der Waals surface area contributed by atoms with Crippen LogP contribution in [0.4, 0.5) is 10.5 Å². The first kappa shape index (κ1) is 13.9. The third kappa shape index (κ3) is 2.61. The maximum absolute atomic E-state index is 12.1. The Morgan fingerprint density at radius 3 is 2.71 bits per heavy atom. The van der Waals surface area contributed by atoms with Crippen molar-refractivity contribution in [2.45, 2.75) is 6.04 Å². The van der Waals surface area contributed by atoms with Gasteiger partial charge in [-0.1, -0.05) is 30.3 Å². The van der Waals surface area contributed by atoms with E-state index in [9.17, 15) is 4.79 Å². The van der Waals surface area contributed by atoms with Crippen molar-refractivity contribution in [2.24, 2.45) is 0 Å². The Morgan fingerprint density at radius 1 is 1.24 bits per heavy atom. The van der Waals surface area contributed by atoms with Gasteiger partial charge in [0.1, 0.15) is 12.4 Å². The maximum Gasteiger partial charge on any atom is 0.415 e. The molecule has 0 aliphatic carbocycles. The maximum atomic E-state index is 12.1. The van der Waals surface area contributed by atoms with Gasteiger partial charge in [-0.25, -0.2) is 4.79 Å². The number of hydrogen-bond acceptors (Lipinski definition) is 3. The SMILES string of the molecule is COc1cc(N2C(=O)OC[C@H]2c2ccccc2)ccc1Br. The summed E-state index contributed by atoms with van der Waals surface area (Å²) in [5, 5.41) is 0. The lowest BCUT2D eigenvalue weighted by Gasteiger charge is -2.22. The molecule has 0 aromatic heterocycles. The first-order chi connectivity index (χ1) is 10.2. The molecule has 1 saturated heterocycles. The van der Waals surface area contributed by atoms with Crippen molar-refractivity contribution in [3.63, 3.8) is 0 Å². The largest absolute Gasteiger partial charge is 0.495 e. The van der Waals surface area contributed by atoms with Crippen molar-refractivity contribution < 1.29 is 14.3 Å². The van der Waals surface area contributed by atoms with Gasteiger partial charge in [-0.15, -0.1) is 0 Å². The van der Waals surface area contributed by atoms with Gasteiger partial charge < -0.3 is 9.47 Å². The van der Waals surface area contributed by atoms with Crippen LogP contribution in [0.1, 0.15) is 11.6 Å². The third-order valence-corrected chi connectivity index (χ3v) is 4.13. The lowest BCUT2D eigenvalue weighted by atomic mass is 10.1. The number of rotatable bonds is 3. The van der Waals surface area contributed by atoms with Crippen LogP contribution in [0.3, 0.4) is 0 Å². The standard InChI is InChI=1S/C16H14BrNO3/c1-20-15-9-12(7-8-13(15)17)18-14(10-21-16(18)19)11-5-3-2-4-6-11/h2-9,14H,10H2,1H3/t14-/m0/s1. The van der Waals surface area contributed by atoms with E-state index in [-0.39, 0.29) is 12.1 Å². The molecule has 1 amide bonds. The molecule has 0 N–H and O–H groups in total. The molecule has 0 spiro atoms. The van der Waals surface area contributed by atoms with Gasteiger partial charge in [-0.3, -0.25) is 4.90 Å². The molecule has 1 aliphatic heterocycles. The van der Waals surface area contributed by atoms with Gasteiger partial charge in [0.15, 0.2) is 0 Å². The number of nitrogens with zero attached hydrogens (tertiary/aromatic N) is 1. The van der Waals surface area contributed by atoms with E-state index in [1.165, 1.54) is 0 Å². The Hall–Kier alpha value is -2.01. The summed E-state index contributed by atoms with van der Waals surface area (Å²) in [6, 6.07) is 15.3. The first-order valence-electron chi connectivity index (χ1n) is 6.55. The van der Waals surface area contributed by atoms with Crippen molar-refractivity contribution in [3.05, 3.63) is 58.6 Å². The minimum absolute atomic E-state index is 0.121. The van der Waals surface area contributed by atoms with Gasteiger partial charge >= 0.3 is 6.09 Å². The predicted molar refractivity (Wildman–Crippen MR) is 83.7 cm³/mol. The molecule has 1 heterocycles. The van der Waals surface area contributed by atoms with Gasteiger partial charge in [0.25, 0.3) is 0 Å². The summed E-state index contributed by atoms with van der Waals surface area (Å²) in [5.74, 6) is 0.680. The second-order valence-corrected chi connectivity index (χ2v) is 5.55. The molecule has 21 heavy (non-hydrogen) atoms. The number of benzene rings is 2. The number of amides is 1. The van der Waals surface area contributed by atoms with Crippen molar-refractivity contribution in [3.8, 4) is 5.75 Å². The van der Waals surface area contributed by atoms with Crippen LogP contribution in [0.15, 0.2) is 53.0 Å². The van der Waals surface area contributed by atoms with Gasteiger partial charge in [0.05, 0.1) is 23.3 Å². The number of hydrogen-bond donors (Lipinski definition) is 0. The average Bonchev–Trinajstić information content (AvgIpc) is 2.90. The Kier molecular flexibility index (Phi) is 3.84. The van der Waals surface area contributed by atoms with Crippen LogP contribution < -0.4 is 9.64 Å². The highest BCUT2D eigenvalue weighted by Gasteiger charge is 2.35. The van der Waals surface area contributed by atoms with E-state index in [4.69, 9.17) is 9.47 Å². The van der Waals surface area contributed by atoms with Gasteiger partial charge in [0.2, 0.25) is 0 Å². The zero-order chi connectivity index (χ0) is 14.8. The van der Waals surface area contributed by atoms with E-state index < -0.39 is 0 Å². The van der Waals surface area contributed by atoms with Crippen molar-refractivity contribution in [2.75, 3.05) is 18.6 Å². The van der Waals surface area contributed by atoms with Crippen LogP contribution in [0.5, 0.6) is 5.75 Å². The van der Waals surface area contributed by atoms with Crippen molar-refractivity contribution in [1.82, 2.24) is 0 Å². The fourth-order valence-electron chi connectivity index (χ4n) is 2.43. The minimum Gasteiger partial charge on any atom is -0.495 e. The second kappa shape index (κ2) is 5.77. The first-order valence-corrected chi connectivity index (χ1v) is 7.34. The Morgan fingerprint density at radius 2 is 2.00 bits per heavy atom. The summed E-state index contributed by atoms with van der Waals surface area (Å²) in [4.78, 5) is 13.8. The van der Waals surface area contributed by atoms with E-state index in [0.717, 1.165) is 15.7 Å². The Labute approximate surface area is 131 Å². The summed E-state index contributed by atoms with van der Waals surface area (Å²) in [5.41, 5.74) is 1.80. The number of halogens is 1. The van der Waals surface area contributed by atoms with E-state index in [1.54, 1.807) is 12.0 Å². The topological polar surface area (TPSA) is 38.8 Å². The normalized spacial score (nSPS) is 17.7. The molecular formula is C16H14BrNO3. The molecule has 1 atom stereocenters. The molecule has 1 aliphatic rings. The molecule has 2 aromatic rings. The number of ether oxygens (including phenoxy) is 2. The number of anilines is 1. The smallest absolute Gasteiger partial charge is 0.415 e. The Bertz CT molecular complexity index is 660. The van der Waals surface area contributed by atoms with Crippen LogP contribution >= 0.6 is 15.9 Å². The lowest BCUT2D eigenvalue weighted by Crippen LogP contribution is -2.27. The highest BCUT2D eigenvalue weighted by molar-refractivity contribution is 9.10. The molecule has 3 rings (SSSR count). The third-order valence-electron chi connectivity index (χ3n) is 3.47. The monoisotopic (exact) mass is 347 g/mol. The van der Waals surface area contributed by atoms with E-state index >= 15 is 0 Å². The number of carbonyl (C=O) groups excluding carboxylic acids is 1. The summed E-state index contributed by atoms with van der Waals surface area (Å²) >= 11 is 3.41. The quantitative estimate of drug-likeness (QED) is 0.836. The average molecular weight is 348 g/mol. The molecule has 5 heteroatoms. The number of methoxy groups -OCH3 is 1. The van der Waals surface area contributed by atoms with Gasteiger partial charge in [-0.2, -0.15) is 0 Å². The molecule has 2 aromatic carbocycles. The zero-order valence-electron chi connectivity index (χ0n) is 11.5. The fraction of sp³-hybridized carbons (Fsp3) is 0.188. The zero-order valence-corrected chi connectivity index (χ0v) is 13.0. The summed E-state index contributed by atoms with van der Waals surface area (Å²) in [7, 11) is 1.60. The fourth-order valence-corrected chi connectivity index (χ4v) is 2.83. The molecular weight excluding hydrogens is 334 g/mol. The van der Waals surface area contributed by atoms with Crippen LogP contribution in [0.25, 0.3) is 0 Å². The van der Waals surface area contributed by atoms with Crippen molar-refractivity contribution >= 4 is 27.7 Å². The summed E-state index contributed by atoms with van der Waals surface area (Å²) in [6.07, 6.45) is -0.340. The molecule has 108 valence electrons. The molecule has 4 nitrogen and oxygen atoms in total.